The predicted octanol–water partition coefficient (Wildman–Crippen LogP) is 8.00. The van der Waals surface area contributed by atoms with Crippen LogP contribution in [0.3, 0.4) is 0 Å². The minimum absolute atomic E-state index is 0.154. The number of hydrogen-bond acceptors (Lipinski definition) is 5. The van der Waals surface area contributed by atoms with Crippen molar-refractivity contribution < 1.29 is 14.3 Å². The number of anilines is 1. The van der Waals surface area contributed by atoms with Crippen molar-refractivity contribution in [3.8, 4) is 11.4 Å². The summed E-state index contributed by atoms with van der Waals surface area (Å²) in [6.45, 7) is 10.5. The molecule has 40 heavy (non-hydrogen) atoms. The van der Waals surface area contributed by atoms with Crippen LogP contribution in [0.1, 0.15) is 97.6 Å². The number of nitrogens with zero attached hydrogens (tertiary/aromatic N) is 3. The molecule has 0 aliphatic carbocycles. The van der Waals surface area contributed by atoms with E-state index >= 15 is 0 Å². The van der Waals surface area contributed by atoms with Crippen molar-refractivity contribution in [1.82, 2.24) is 19.8 Å². The summed E-state index contributed by atoms with van der Waals surface area (Å²) in [6.07, 6.45) is 10.8. The van der Waals surface area contributed by atoms with Gasteiger partial charge in [-0.3, -0.25) is 14.7 Å². The van der Waals surface area contributed by atoms with Gasteiger partial charge >= 0.3 is 5.97 Å². The average Bonchev–Trinajstić information content (AvgIpc) is 3.45. The number of benzene rings is 1. The second-order valence-electron chi connectivity index (χ2n) is 11.3. The van der Waals surface area contributed by atoms with E-state index in [0.29, 0.717) is 28.1 Å². The molecule has 2 N–H and O–H groups in total. The zero-order valence-corrected chi connectivity index (χ0v) is 25.5. The lowest BCUT2D eigenvalue weighted by Crippen LogP contribution is -2.25. The number of rotatable bonds is 17. The number of unbranched alkanes of at least 4 members (excludes halogenated alkanes) is 1. The molecule has 9 heteroatoms. The van der Waals surface area contributed by atoms with Crippen molar-refractivity contribution in [2.75, 3.05) is 11.9 Å². The Kier molecular flexibility index (Phi) is 12.5. The van der Waals surface area contributed by atoms with Crippen LogP contribution in [-0.4, -0.2) is 38.3 Å². The van der Waals surface area contributed by atoms with Crippen LogP contribution in [0.2, 0.25) is 5.02 Å². The highest BCUT2D eigenvalue weighted by atomic mass is 35.5. The number of H-pyrrole nitrogens is 1. The molecule has 0 fully saturated rings. The van der Waals surface area contributed by atoms with Crippen LogP contribution in [0.5, 0.6) is 0 Å². The SMILES string of the molecule is CCCC(C)CCCCC(CCC(C)CCC)C(=O)OCC(=O)Nc1ccc(-c2nc3c(Cl)c(C)[nH]n3n2)cc1. The van der Waals surface area contributed by atoms with Gasteiger partial charge in [-0.2, -0.15) is 4.63 Å². The van der Waals surface area contributed by atoms with E-state index in [0.717, 1.165) is 62.1 Å². The quantitative estimate of drug-likeness (QED) is 0.126. The molecule has 0 spiro atoms. The van der Waals surface area contributed by atoms with E-state index in [-0.39, 0.29) is 24.4 Å². The van der Waals surface area contributed by atoms with Crippen LogP contribution in [0, 0.1) is 24.7 Å². The van der Waals surface area contributed by atoms with Crippen molar-refractivity contribution >= 4 is 34.8 Å². The maximum Gasteiger partial charge on any atom is 0.309 e. The lowest BCUT2D eigenvalue weighted by Gasteiger charge is -2.19. The van der Waals surface area contributed by atoms with Crippen LogP contribution in [0.4, 0.5) is 5.69 Å². The molecular formula is C31H46ClN5O3. The number of carbonyl (C=O) groups is 2. The third-order valence-electron chi connectivity index (χ3n) is 7.58. The van der Waals surface area contributed by atoms with E-state index < -0.39 is 0 Å². The van der Waals surface area contributed by atoms with Gasteiger partial charge in [0.05, 0.1) is 11.6 Å². The highest BCUT2D eigenvalue weighted by Gasteiger charge is 2.22. The molecule has 3 rings (SSSR count). The maximum absolute atomic E-state index is 13.0. The monoisotopic (exact) mass is 571 g/mol. The van der Waals surface area contributed by atoms with Gasteiger partial charge in [0.1, 0.15) is 5.02 Å². The molecular weight excluding hydrogens is 526 g/mol. The first-order valence-electron chi connectivity index (χ1n) is 14.9. The first-order valence-corrected chi connectivity index (χ1v) is 15.3. The standard InChI is InChI=1S/C31H46ClN5O3/c1-6-10-21(3)12-8-9-13-25(15-14-22(4)11-7-2)31(39)40-20-27(38)33-26-18-16-24(17-19-26)29-34-30-28(32)23(5)35-37(30)36-29/h16-19,21-22,25,35H,6-15,20H2,1-5H3,(H,33,38). The molecule has 220 valence electrons. The Morgan fingerprint density at radius 2 is 1.62 bits per heavy atom. The zero-order valence-electron chi connectivity index (χ0n) is 24.8. The van der Waals surface area contributed by atoms with Gasteiger partial charge in [0.2, 0.25) is 0 Å². The molecule has 0 bridgehead atoms. The summed E-state index contributed by atoms with van der Waals surface area (Å²) in [5, 5.41) is 10.8. The minimum Gasteiger partial charge on any atom is -0.455 e. The molecule has 0 aliphatic heterocycles. The molecule has 3 aromatic rings. The number of amides is 1. The van der Waals surface area contributed by atoms with E-state index in [4.69, 9.17) is 16.3 Å². The van der Waals surface area contributed by atoms with Crippen LogP contribution in [0.25, 0.3) is 17.0 Å². The molecule has 1 aromatic carbocycles. The summed E-state index contributed by atoms with van der Waals surface area (Å²) in [4.78, 5) is 30.0. The highest BCUT2D eigenvalue weighted by molar-refractivity contribution is 6.34. The second kappa shape index (κ2) is 15.8. The topological polar surface area (TPSA) is 101 Å². The Balaban J connectivity index is 1.49. The van der Waals surface area contributed by atoms with Gasteiger partial charge in [-0.25, -0.2) is 4.98 Å². The molecule has 3 atom stereocenters. The molecule has 8 nitrogen and oxygen atoms in total. The molecule has 0 radical (unpaired) electrons. The fraction of sp³-hybridized carbons (Fsp3) is 0.613. The fourth-order valence-electron chi connectivity index (χ4n) is 5.21. The summed E-state index contributed by atoms with van der Waals surface area (Å²) < 4.78 is 7.04. The Hall–Kier alpha value is -2.87. The van der Waals surface area contributed by atoms with Gasteiger partial charge in [-0.05, 0) is 62.3 Å². The van der Waals surface area contributed by atoms with Crippen LogP contribution in [0.15, 0.2) is 24.3 Å². The minimum atomic E-state index is -0.358. The number of carbonyl (C=O) groups excluding carboxylic acids is 2. The third-order valence-corrected chi connectivity index (χ3v) is 8.03. The van der Waals surface area contributed by atoms with Crippen LogP contribution < -0.4 is 5.32 Å². The number of hydrogen-bond donors (Lipinski definition) is 2. The van der Waals surface area contributed by atoms with Gasteiger partial charge in [-0.1, -0.05) is 84.2 Å². The van der Waals surface area contributed by atoms with Gasteiger partial charge in [0.25, 0.3) is 5.91 Å². The van der Waals surface area contributed by atoms with Crippen molar-refractivity contribution in [1.29, 1.82) is 0 Å². The second-order valence-corrected chi connectivity index (χ2v) is 11.7. The molecule has 3 unspecified atom stereocenters. The van der Waals surface area contributed by atoms with Crippen molar-refractivity contribution in [2.45, 2.75) is 98.8 Å². The fourth-order valence-corrected chi connectivity index (χ4v) is 5.37. The van der Waals surface area contributed by atoms with Gasteiger partial charge in [0, 0.05) is 11.3 Å². The summed E-state index contributed by atoms with van der Waals surface area (Å²) in [5.41, 5.74) is 2.77. The number of nitrogens with one attached hydrogen (secondary N) is 2. The summed E-state index contributed by atoms with van der Waals surface area (Å²) >= 11 is 6.26. The number of aromatic amines is 1. The van der Waals surface area contributed by atoms with Gasteiger partial charge < -0.3 is 10.1 Å². The predicted molar refractivity (Wildman–Crippen MR) is 161 cm³/mol. The smallest absolute Gasteiger partial charge is 0.309 e. The Bertz CT molecular complexity index is 1220. The molecule has 0 saturated carbocycles. The van der Waals surface area contributed by atoms with Gasteiger partial charge in [0.15, 0.2) is 18.1 Å². The zero-order chi connectivity index (χ0) is 29.1. The third kappa shape index (κ3) is 9.36. The van der Waals surface area contributed by atoms with Crippen LogP contribution >= 0.6 is 11.6 Å². The van der Waals surface area contributed by atoms with E-state index in [2.05, 4.69) is 48.2 Å². The Morgan fingerprint density at radius 1 is 0.975 bits per heavy atom. The summed E-state index contributed by atoms with van der Waals surface area (Å²) in [6, 6.07) is 7.20. The Morgan fingerprint density at radius 3 is 2.27 bits per heavy atom. The highest BCUT2D eigenvalue weighted by Crippen LogP contribution is 2.25. The lowest BCUT2D eigenvalue weighted by molar-refractivity contribution is -0.152. The van der Waals surface area contributed by atoms with E-state index in [1.165, 1.54) is 19.3 Å². The van der Waals surface area contributed by atoms with E-state index in [1.807, 2.05) is 19.1 Å². The normalized spacial score (nSPS) is 13.8. The molecule has 0 aliphatic rings. The number of esters is 1. The molecule has 2 aromatic heterocycles. The number of halogens is 1. The van der Waals surface area contributed by atoms with Crippen LogP contribution in [-0.2, 0) is 14.3 Å². The molecule has 1 amide bonds. The summed E-state index contributed by atoms with van der Waals surface area (Å²) in [5.74, 6) is 1.07. The number of ether oxygens (including phenoxy) is 1. The number of aromatic nitrogens is 4. The maximum atomic E-state index is 13.0. The van der Waals surface area contributed by atoms with Crippen molar-refractivity contribution in [3.05, 3.63) is 35.0 Å². The summed E-state index contributed by atoms with van der Waals surface area (Å²) in [7, 11) is 0. The Labute approximate surface area is 243 Å². The van der Waals surface area contributed by atoms with E-state index in [1.54, 1.807) is 16.8 Å². The first-order chi connectivity index (χ1) is 19.2. The first kappa shape index (κ1) is 31.7. The molecule has 0 saturated heterocycles. The largest absolute Gasteiger partial charge is 0.455 e. The van der Waals surface area contributed by atoms with Crippen molar-refractivity contribution in [2.24, 2.45) is 17.8 Å². The number of aryl methyl sites for hydroxylation is 1. The lowest BCUT2D eigenvalue weighted by atomic mass is 9.90. The average molecular weight is 572 g/mol. The number of fused-ring (bicyclic) bond motifs is 1. The van der Waals surface area contributed by atoms with Gasteiger partial charge in [-0.15, -0.1) is 5.10 Å². The van der Waals surface area contributed by atoms with Crippen molar-refractivity contribution in [3.63, 3.8) is 0 Å². The van der Waals surface area contributed by atoms with E-state index in [9.17, 15) is 9.59 Å². The molecule has 2 heterocycles.